The van der Waals surface area contributed by atoms with Crippen molar-refractivity contribution >= 4 is 0 Å². The molecular weight excluding hydrogens is 256 g/mol. The van der Waals surface area contributed by atoms with E-state index in [0.29, 0.717) is 12.3 Å². The van der Waals surface area contributed by atoms with E-state index in [1.807, 2.05) is 29.0 Å². The Balaban J connectivity index is 1.75. The topological polar surface area (TPSA) is 56.5 Å². The molecule has 0 aliphatic carbocycles. The first kappa shape index (κ1) is 13.0. The highest BCUT2D eigenvalue weighted by Gasteiger charge is 2.17. The molecule has 2 aromatic rings. The van der Waals surface area contributed by atoms with Crippen molar-refractivity contribution in [1.82, 2.24) is 9.55 Å². The van der Waals surface area contributed by atoms with E-state index in [1.54, 1.807) is 6.20 Å². The van der Waals surface area contributed by atoms with E-state index in [9.17, 15) is 5.11 Å². The molecule has 0 saturated heterocycles. The predicted octanol–water partition coefficient (Wildman–Crippen LogP) is 2.30. The lowest BCUT2D eigenvalue weighted by Gasteiger charge is -2.14. The Hall–Kier alpha value is -2.01. The van der Waals surface area contributed by atoms with Crippen LogP contribution < -0.4 is 9.47 Å². The van der Waals surface area contributed by atoms with Gasteiger partial charge in [-0.2, -0.15) is 0 Å². The quantitative estimate of drug-likeness (QED) is 0.909. The molecule has 1 unspecified atom stereocenters. The zero-order valence-corrected chi connectivity index (χ0v) is 11.5. The normalized spacial score (nSPS) is 14.5. The molecule has 3 rings (SSSR count). The van der Waals surface area contributed by atoms with E-state index >= 15 is 0 Å². The molecule has 1 aromatic heterocycles. The van der Waals surface area contributed by atoms with Crippen LogP contribution in [0.5, 0.6) is 11.5 Å². The van der Waals surface area contributed by atoms with E-state index in [-0.39, 0.29) is 6.79 Å². The minimum Gasteiger partial charge on any atom is -0.454 e. The zero-order chi connectivity index (χ0) is 13.9. The highest BCUT2D eigenvalue weighted by atomic mass is 16.7. The lowest BCUT2D eigenvalue weighted by atomic mass is 10.1. The minimum absolute atomic E-state index is 0.247. The van der Waals surface area contributed by atoms with Gasteiger partial charge in [0.1, 0.15) is 5.82 Å². The Labute approximate surface area is 117 Å². The maximum absolute atomic E-state index is 10.4. The average molecular weight is 274 g/mol. The van der Waals surface area contributed by atoms with Crippen LogP contribution in [0.4, 0.5) is 0 Å². The van der Waals surface area contributed by atoms with Gasteiger partial charge >= 0.3 is 0 Å². The van der Waals surface area contributed by atoms with Gasteiger partial charge in [0, 0.05) is 18.8 Å². The number of aliphatic hydroxyl groups is 1. The molecule has 0 radical (unpaired) electrons. The van der Waals surface area contributed by atoms with Crippen LogP contribution in [0.2, 0.25) is 0 Å². The highest BCUT2D eigenvalue weighted by molar-refractivity contribution is 5.45. The van der Waals surface area contributed by atoms with Gasteiger partial charge < -0.3 is 19.1 Å². The van der Waals surface area contributed by atoms with Gasteiger partial charge in [-0.15, -0.1) is 0 Å². The van der Waals surface area contributed by atoms with Gasteiger partial charge in [-0.3, -0.25) is 0 Å². The van der Waals surface area contributed by atoms with Crippen molar-refractivity contribution in [3.63, 3.8) is 0 Å². The maximum Gasteiger partial charge on any atom is 0.231 e. The summed E-state index contributed by atoms with van der Waals surface area (Å²) < 4.78 is 12.6. The standard InChI is InChI=1S/C15H18N2O3/c1-2-3-15-16-6-7-17(15)9-12(18)11-4-5-13-14(8-11)20-10-19-13/h4-8,12,18H,2-3,9-10H2,1H3. The molecule has 0 saturated carbocycles. The SMILES string of the molecule is CCCc1nccn1CC(O)c1ccc2c(c1)OCO2. The fourth-order valence-corrected chi connectivity index (χ4v) is 2.37. The summed E-state index contributed by atoms with van der Waals surface area (Å²) in [7, 11) is 0. The monoisotopic (exact) mass is 274 g/mol. The molecule has 5 heteroatoms. The molecule has 106 valence electrons. The molecular formula is C15H18N2O3. The summed E-state index contributed by atoms with van der Waals surface area (Å²) in [6, 6.07) is 5.54. The number of imidazole rings is 1. The van der Waals surface area contributed by atoms with Crippen LogP contribution >= 0.6 is 0 Å². The number of hydrogen-bond acceptors (Lipinski definition) is 4. The number of aromatic nitrogens is 2. The predicted molar refractivity (Wildman–Crippen MR) is 73.7 cm³/mol. The molecule has 1 N–H and O–H groups in total. The largest absolute Gasteiger partial charge is 0.454 e. The summed E-state index contributed by atoms with van der Waals surface area (Å²) in [5.41, 5.74) is 0.824. The number of hydrogen-bond donors (Lipinski definition) is 1. The van der Waals surface area contributed by atoms with Crippen LogP contribution in [-0.4, -0.2) is 21.5 Å². The summed E-state index contributed by atoms with van der Waals surface area (Å²) in [4.78, 5) is 4.32. The fourth-order valence-electron chi connectivity index (χ4n) is 2.37. The van der Waals surface area contributed by atoms with Gasteiger partial charge in [-0.05, 0) is 24.1 Å². The highest BCUT2D eigenvalue weighted by Crippen LogP contribution is 2.34. The van der Waals surface area contributed by atoms with Crippen molar-refractivity contribution in [1.29, 1.82) is 0 Å². The number of ether oxygens (including phenoxy) is 2. The molecule has 0 bridgehead atoms. The Morgan fingerprint density at radius 2 is 2.20 bits per heavy atom. The van der Waals surface area contributed by atoms with Crippen LogP contribution in [0, 0.1) is 0 Å². The number of benzene rings is 1. The first-order valence-corrected chi connectivity index (χ1v) is 6.85. The van der Waals surface area contributed by atoms with Crippen LogP contribution in [0.15, 0.2) is 30.6 Å². The van der Waals surface area contributed by atoms with Crippen molar-refractivity contribution in [2.75, 3.05) is 6.79 Å². The number of nitrogens with zero attached hydrogens (tertiary/aromatic N) is 2. The molecule has 1 aromatic carbocycles. The number of aliphatic hydroxyl groups excluding tert-OH is 1. The second kappa shape index (κ2) is 5.54. The van der Waals surface area contributed by atoms with Gasteiger partial charge in [0.25, 0.3) is 0 Å². The van der Waals surface area contributed by atoms with Gasteiger partial charge in [0.15, 0.2) is 11.5 Å². The molecule has 1 aliphatic heterocycles. The minimum atomic E-state index is -0.589. The Bertz CT molecular complexity index is 595. The molecule has 1 aliphatic rings. The average Bonchev–Trinajstić information content (AvgIpc) is 3.07. The van der Waals surface area contributed by atoms with Crippen molar-refractivity contribution in [3.8, 4) is 11.5 Å². The maximum atomic E-state index is 10.4. The summed E-state index contributed by atoms with van der Waals surface area (Å²) in [5, 5.41) is 10.4. The zero-order valence-electron chi connectivity index (χ0n) is 11.5. The van der Waals surface area contributed by atoms with Crippen LogP contribution in [0.25, 0.3) is 0 Å². The third-order valence-electron chi connectivity index (χ3n) is 3.43. The Morgan fingerprint density at radius 1 is 1.35 bits per heavy atom. The van der Waals surface area contributed by atoms with Crippen LogP contribution in [0.1, 0.15) is 30.8 Å². The third-order valence-corrected chi connectivity index (χ3v) is 3.43. The van der Waals surface area contributed by atoms with E-state index in [4.69, 9.17) is 9.47 Å². The smallest absolute Gasteiger partial charge is 0.231 e. The molecule has 2 heterocycles. The molecule has 0 amide bonds. The number of aryl methyl sites for hydroxylation is 1. The van der Waals surface area contributed by atoms with Crippen molar-refractivity contribution in [2.45, 2.75) is 32.4 Å². The number of fused-ring (bicyclic) bond motifs is 1. The molecule has 0 spiro atoms. The first-order chi connectivity index (χ1) is 9.78. The van der Waals surface area contributed by atoms with E-state index < -0.39 is 6.10 Å². The molecule has 5 nitrogen and oxygen atoms in total. The summed E-state index contributed by atoms with van der Waals surface area (Å²) in [6.07, 6.45) is 5.05. The first-order valence-electron chi connectivity index (χ1n) is 6.85. The molecule has 1 atom stereocenters. The van der Waals surface area contributed by atoms with Crippen LogP contribution in [0.3, 0.4) is 0 Å². The van der Waals surface area contributed by atoms with Gasteiger partial charge in [0.2, 0.25) is 6.79 Å². The van der Waals surface area contributed by atoms with Gasteiger partial charge in [-0.25, -0.2) is 4.98 Å². The van der Waals surface area contributed by atoms with Gasteiger partial charge in [-0.1, -0.05) is 13.0 Å². The fraction of sp³-hybridized carbons (Fsp3) is 0.400. The van der Waals surface area contributed by atoms with Gasteiger partial charge in [0.05, 0.1) is 12.6 Å². The van der Waals surface area contributed by atoms with E-state index in [2.05, 4.69) is 11.9 Å². The van der Waals surface area contributed by atoms with E-state index in [0.717, 1.165) is 30.0 Å². The lowest BCUT2D eigenvalue weighted by molar-refractivity contribution is 0.154. The van der Waals surface area contributed by atoms with Crippen molar-refractivity contribution in [2.24, 2.45) is 0 Å². The second-order valence-electron chi connectivity index (χ2n) is 4.87. The molecule has 20 heavy (non-hydrogen) atoms. The summed E-state index contributed by atoms with van der Waals surface area (Å²) in [6.45, 7) is 2.86. The Morgan fingerprint density at radius 3 is 3.05 bits per heavy atom. The number of rotatable bonds is 5. The molecule has 0 fully saturated rings. The van der Waals surface area contributed by atoms with E-state index in [1.165, 1.54) is 0 Å². The summed E-state index contributed by atoms with van der Waals surface area (Å²) in [5.74, 6) is 2.43. The lowest BCUT2D eigenvalue weighted by Crippen LogP contribution is -2.11. The summed E-state index contributed by atoms with van der Waals surface area (Å²) >= 11 is 0. The third kappa shape index (κ3) is 2.49. The van der Waals surface area contributed by atoms with Crippen molar-refractivity contribution in [3.05, 3.63) is 42.0 Å². The second-order valence-corrected chi connectivity index (χ2v) is 4.87. The van der Waals surface area contributed by atoms with Crippen LogP contribution in [-0.2, 0) is 13.0 Å². The van der Waals surface area contributed by atoms with Crippen molar-refractivity contribution < 1.29 is 14.6 Å². The Kier molecular flexibility index (Phi) is 3.60.